The van der Waals surface area contributed by atoms with Gasteiger partial charge in [-0.05, 0) is 20.8 Å². The zero-order valence-corrected chi connectivity index (χ0v) is 9.43. The van der Waals surface area contributed by atoms with Crippen LogP contribution in [-0.4, -0.2) is 38.3 Å². The number of nitrogens with one attached hydrogen (secondary N) is 2. The molecule has 0 aromatic rings. The Bertz CT molecular complexity index is 119. The predicted molar refractivity (Wildman–Crippen MR) is 57.7 cm³/mol. The molecule has 1 saturated heterocycles. The van der Waals surface area contributed by atoms with E-state index < -0.39 is 0 Å². The van der Waals surface area contributed by atoms with Crippen molar-refractivity contribution in [3.63, 3.8) is 0 Å². The van der Waals surface area contributed by atoms with Crippen molar-refractivity contribution in [1.29, 1.82) is 0 Å². The highest BCUT2D eigenvalue weighted by Gasteiger charge is 2.07. The summed E-state index contributed by atoms with van der Waals surface area (Å²) in [5.74, 6) is 0. The van der Waals surface area contributed by atoms with E-state index in [1.54, 1.807) is 0 Å². The highest BCUT2D eigenvalue weighted by atomic mass is 16.5. The molecule has 0 radical (unpaired) electrons. The fourth-order valence-corrected chi connectivity index (χ4v) is 0.748. The summed E-state index contributed by atoms with van der Waals surface area (Å²) in [6.45, 7) is 10.5. The highest BCUT2D eigenvalue weighted by molar-refractivity contribution is 5.37. The van der Waals surface area contributed by atoms with Crippen molar-refractivity contribution in [1.82, 2.24) is 16.8 Å². The molecular weight excluding hydrogens is 182 g/mol. The van der Waals surface area contributed by atoms with Crippen molar-refractivity contribution in [3.8, 4) is 0 Å². The van der Waals surface area contributed by atoms with Crippen molar-refractivity contribution in [2.24, 2.45) is 0 Å². The first-order valence-electron chi connectivity index (χ1n) is 4.59. The summed E-state index contributed by atoms with van der Waals surface area (Å²) in [6, 6.07) is 0. The molecule has 86 valence electrons. The van der Waals surface area contributed by atoms with Gasteiger partial charge in [-0.1, -0.05) is 0 Å². The standard InChI is InChI=1S/C5H10O2.C4H10N2.H3N/c1-5(2,3)7-4-6;1-2-6-4-3-5-1;/h4H,1-3H3;5-6H,1-4H2;1H3. The van der Waals surface area contributed by atoms with Gasteiger partial charge in [0.2, 0.25) is 0 Å². The van der Waals surface area contributed by atoms with Crippen LogP contribution in [-0.2, 0) is 9.53 Å². The Hall–Kier alpha value is -0.650. The Morgan fingerprint density at radius 3 is 1.50 bits per heavy atom. The second-order valence-electron chi connectivity index (χ2n) is 3.83. The van der Waals surface area contributed by atoms with Crippen LogP contribution in [0.25, 0.3) is 0 Å². The zero-order valence-electron chi connectivity index (χ0n) is 9.43. The van der Waals surface area contributed by atoms with E-state index in [4.69, 9.17) is 0 Å². The Balaban J connectivity index is 0. The Labute approximate surface area is 86.2 Å². The minimum absolute atomic E-state index is 0. The minimum atomic E-state index is -0.318. The van der Waals surface area contributed by atoms with Gasteiger partial charge in [0.1, 0.15) is 5.60 Å². The number of carbonyl (C=O) groups is 1. The molecular formula is C9H23N3O2. The molecule has 0 atom stereocenters. The molecule has 0 saturated carbocycles. The van der Waals surface area contributed by atoms with Crippen LogP contribution in [0.15, 0.2) is 0 Å². The van der Waals surface area contributed by atoms with Gasteiger partial charge in [0.05, 0.1) is 0 Å². The minimum Gasteiger partial charge on any atom is -0.462 e. The van der Waals surface area contributed by atoms with Gasteiger partial charge in [-0.3, -0.25) is 4.79 Å². The van der Waals surface area contributed by atoms with Gasteiger partial charge < -0.3 is 21.5 Å². The van der Waals surface area contributed by atoms with Crippen LogP contribution >= 0.6 is 0 Å². The van der Waals surface area contributed by atoms with Gasteiger partial charge in [0.25, 0.3) is 6.47 Å². The van der Waals surface area contributed by atoms with E-state index in [1.807, 2.05) is 20.8 Å². The maximum atomic E-state index is 9.60. The van der Waals surface area contributed by atoms with Gasteiger partial charge in [0, 0.05) is 26.2 Å². The molecule has 5 heteroatoms. The number of rotatable bonds is 1. The Morgan fingerprint density at radius 2 is 1.43 bits per heavy atom. The summed E-state index contributed by atoms with van der Waals surface area (Å²) in [5.41, 5.74) is -0.318. The van der Waals surface area contributed by atoms with Crippen LogP contribution in [0.1, 0.15) is 20.8 Å². The van der Waals surface area contributed by atoms with Crippen LogP contribution in [0.3, 0.4) is 0 Å². The lowest BCUT2D eigenvalue weighted by Crippen LogP contribution is -2.39. The molecule has 1 heterocycles. The van der Waals surface area contributed by atoms with E-state index in [9.17, 15) is 4.79 Å². The maximum Gasteiger partial charge on any atom is 0.293 e. The summed E-state index contributed by atoms with van der Waals surface area (Å²) < 4.78 is 4.55. The van der Waals surface area contributed by atoms with Crippen LogP contribution in [0.4, 0.5) is 0 Å². The molecule has 0 bridgehead atoms. The SMILES string of the molecule is C1CNCCN1.CC(C)(C)OC=O.N. The molecule has 0 spiro atoms. The number of ether oxygens (including phenoxy) is 1. The summed E-state index contributed by atoms with van der Waals surface area (Å²) in [4.78, 5) is 9.60. The van der Waals surface area contributed by atoms with Gasteiger partial charge in [-0.15, -0.1) is 0 Å². The highest BCUT2D eigenvalue weighted by Crippen LogP contribution is 2.02. The fraction of sp³-hybridized carbons (Fsp3) is 0.889. The molecule has 0 amide bonds. The van der Waals surface area contributed by atoms with Crippen LogP contribution in [0.5, 0.6) is 0 Å². The molecule has 5 nitrogen and oxygen atoms in total. The fourth-order valence-electron chi connectivity index (χ4n) is 0.748. The van der Waals surface area contributed by atoms with Crippen molar-refractivity contribution >= 4 is 6.47 Å². The molecule has 5 N–H and O–H groups in total. The normalized spacial score (nSPS) is 15.6. The number of hydrogen-bond donors (Lipinski definition) is 3. The maximum absolute atomic E-state index is 9.60. The Morgan fingerprint density at radius 1 is 1.07 bits per heavy atom. The van der Waals surface area contributed by atoms with E-state index >= 15 is 0 Å². The monoisotopic (exact) mass is 205 g/mol. The quantitative estimate of drug-likeness (QED) is 0.536. The van der Waals surface area contributed by atoms with Crippen molar-refractivity contribution in [2.75, 3.05) is 26.2 Å². The molecule has 1 fully saturated rings. The lowest BCUT2D eigenvalue weighted by molar-refractivity contribution is -0.138. The number of carbonyl (C=O) groups excluding carboxylic acids is 1. The second kappa shape index (κ2) is 8.93. The van der Waals surface area contributed by atoms with Gasteiger partial charge in [-0.2, -0.15) is 0 Å². The number of piperazine rings is 1. The van der Waals surface area contributed by atoms with Crippen molar-refractivity contribution < 1.29 is 9.53 Å². The first-order valence-corrected chi connectivity index (χ1v) is 4.59. The molecule has 0 aromatic carbocycles. The third-order valence-corrected chi connectivity index (χ3v) is 1.36. The summed E-state index contributed by atoms with van der Waals surface area (Å²) in [5, 5.41) is 6.44. The first kappa shape index (κ1) is 15.8. The van der Waals surface area contributed by atoms with E-state index in [0.717, 1.165) is 26.2 Å². The zero-order chi connectivity index (χ0) is 10.2. The topological polar surface area (TPSA) is 85.4 Å². The van der Waals surface area contributed by atoms with E-state index in [1.165, 1.54) is 0 Å². The van der Waals surface area contributed by atoms with Crippen molar-refractivity contribution in [3.05, 3.63) is 0 Å². The summed E-state index contributed by atoms with van der Waals surface area (Å²) in [6.07, 6.45) is 0. The second-order valence-corrected chi connectivity index (χ2v) is 3.83. The van der Waals surface area contributed by atoms with E-state index in [-0.39, 0.29) is 11.8 Å². The van der Waals surface area contributed by atoms with E-state index in [2.05, 4.69) is 15.4 Å². The van der Waals surface area contributed by atoms with E-state index in [0.29, 0.717) is 6.47 Å². The van der Waals surface area contributed by atoms with Crippen LogP contribution < -0.4 is 16.8 Å². The average Bonchev–Trinajstić information content (AvgIpc) is 2.06. The molecule has 0 unspecified atom stereocenters. The predicted octanol–water partition coefficient (Wildman–Crippen LogP) is 0.299. The smallest absolute Gasteiger partial charge is 0.293 e. The lowest BCUT2D eigenvalue weighted by Gasteiger charge is -2.14. The molecule has 1 aliphatic heterocycles. The molecule has 14 heavy (non-hydrogen) atoms. The molecule has 0 aliphatic carbocycles. The summed E-state index contributed by atoms with van der Waals surface area (Å²) in [7, 11) is 0. The number of hydrogen-bond acceptors (Lipinski definition) is 5. The van der Waals surface area contributed by atoms with Crippen molar-refractivity contribution in [2.45, 2.75) is 26.4 Å². The third-order valence-electron chi connectivity index (χ3n) is 1.36. The van der Waals surface area contributed by atoms with Gasteiger partial charge in [0.15, 0.2) is 0 Å². The largest absolute Gasteiger partial charge is 0.462 e. The van der Waals surface area contributed by atoms with Crippen LogP contribution in [0.2, 0.25) is 0 Å². The summed E-state index contributed by atoms with van der Waals surface area (Å²) >= 11 is 0. The first-order chi connectivity index (χ1) is 6.06. The molecule has 1 aliphatic rings. The molecule has 0 aromatic heterocycles. The Kier molecular flexibility index (Phi) is 10.1. The third kappa shape index (κ3) is 13.9. The lowest BCUT2D eigenvalue weighted by atomic mass is 10.2. The average molecular weight is 205 g/mol. The van der Waals surface area contributed by atoms with Crippen LogP contribution in [0, 0.1) is 0 Å². The van der Waals surface area contributed by atoms with Gasteiger partial charge >= 0.3 is 0 Å². The van der Waals surface area contributed by atoms with Gasteiger partial charge in [-0.25, -0.2) is 0 Å². The molecule has 1 rings (SSSR count).